The summed E-state index contributed by atoms with van der Waals surface area (Å²) in [6.45, 7) is 2.11. The molecule has 74 valence electrons. The van der Waals surface area contributed by atoms with E-state index in [1.165, 1.54) is 5.56 Å². The smallest absolute Gasteiger partial charge is 0.295 e. The molecule has 0 unspecified atom stereocenters. The normalized spacial score (nSPS) is 11.1. The molecular formula is C11H14N2O. The second kappa shape index (κ2) is 3.01. The van der Waals surface area contributed by atoms with Crippen molar-refractivity contribution in [2.45, 2.75) is 13.3 Å². The van der Waals surface area contributed by atoms with Gasteiger partial charge in [-0.05, 0) is 24.1 Å². The minimum atomic E-state index is 0.0354. The topological polar surface area (TPSA) is 26.9 Å². The molecule has 0 saturated heterocycles. The van der Waals surface area contributed by atoms with Crippen molar-refractivity contribution >= 4 is 11.0 Å². The summed E-state index contributed by atoms with van der Waals surface area (Å²) in [5, 5.41) is 0. The Labute approximate surface area is 82.6 Å². The fourth-order valence-electron chi connectivity index (χ4n) is 1.77. The van der Waals surface area contributed by atoms with Gasteiger partial charge in [-0.3, -0.25) is 9.13 Å². The van der Waals surface area contributed by atoms with Crippen LogP contribution in [0.1, 0.15) is 12.5 Å². The summed E-state index contributed by atoms with van der Waals surface area (Å²) in [5.41, 5.74) is 3.30. The Balaban J connectivity index is 2.89. The van der Waals surface area contributed by atoms with Crippen LogP contribution in [0, 0.1) is 0 Å². The van der Waals surface area contributed by atoms with Gasteiger partial charge in [-0.1, -0.05) is 13.0 Å². The maximum absolute atomic E-state index is 11.6. The molecule has 1 aromatic carbocycles. The van der Waals surface area contributed by atoms with E-state index < -0.39 is 0 Å². The second-order valence-electron chi connectivity index (χ2n) is 3.58. The Hall–Kier alpha value is -1.51. The highest BCUT2D eigenvalue weighted by atomic mass is 16.1. The molecule has 3 nitrogen and oxygen atoms in total. The molecule has 0 N–H and O–H groups in total. The Morgan fingerprint density at radius 2 is 1.79 bits per heavy atom. The van der Waals surface area contributed by atoms with E-state index in [0.29, 0.717) is 0 Å². The van der Waals surface area contributed by atoms with Crippen LogP contribution in [-0.2, 0) is 20.5 Å². The monoisotopic (exact) mass is 190 g/mol. The minimum absolute atomic E-state index is 0.0354. The third-order valence-corrected chi connectivity index (χ3v) is 2.74. The molecule has 2 aromatic rings. The number of hydrogen-bond donors (Lipinski definition) is 0. The largest absolute Gasteiger partial charge is 0.328 e. The summed E-state index contributed by atoms with van der Waals surface area (Å²) in [6.07, 6.45) is 0.999. The zero-order valence-electron chi connectivity index (χ0n) is 8.74. The number of fused-ring (bicyclic) bond motifs is 1. The van der Waals surface area contributed by atoms with E-state index in [1.54, 1.807) is 16.2 Å². The van der Waals surface area contributed by atoms with Gasteiger partial charge in [-0.15, -0.1) is 0 Å². The van der Waals surface area contributed by atoms with Crippen LogP contribution >= 0.6 is 0 Å². The maximum Gasteiger partial charge on any atom is 0.328 e. The summed E-state index contributed by atoms with van der Waals surface area (Å²) in [5.74, 6) is 0. The highest BCUT2D eigenvalue weighted by Gasteiger charge is 2.06. The highest BCUT2D eigenvalue weighted by Crippen LogP contribution is 2.13. The van der Waals surface area contributed by atoms with E-state index in [-0.39, 0.29) is 5.69 Å². The first kappa shape index (κ1) is 9.06. The SMILES string of the molecule is CCc1ccc2c(c1)n(C)c(=O)n2C. The van der Waals surface area contributed by atoms with Crippen molar-refractivity contribution in [3.8, 4) is 0 Å². The maximum atomic E-state index is 11.6. The molecule has 0 aliphatic rings. The predicted molar refractivity (Wildman–Crippen MR) is 57.5 cm³/mol. The van der Waals surface area contributed by atoms with Crippen LogP contribution in [0.2, 0.25) is 0 Å². The number of aryl methyl sites for hydroxylation is 3. The van der Waals surface area contributed by atoms with Gasteiger partial charge >= 0.3 is 5.69 Å². The average molecular weight is 190 g/mol. The molecule has 0 radical (unpaired) electrons. The summed E-state index contributed by atoms with van der Waals surface area (Å²) >= 11 is 0. The van der Waals surface area contributed by atoms with E-state index in [2.05, 4.69) is 19.1 Å². The quantitative estimate of drug-likeness (QED) is 0.668. The average Bonchev–Trinajstić information content (AvgIpc) is 2.44. The summed E-state index contributed by atoms with van der Waals surface area (Å²) in [7, 11) is 3.61. The van der Waals surface area contributed by atoms with Gasteiger partial charge in [0.2, 0.25) is 0 Å². The lowest BCUT2D eigenvalue weighted by molar-refractivity contribution is 0.795. The fourth-order valence-corrected chi connectivity index (χ4v) is 1.77. The van der Waals surface area contributed by atoms with Crippen molar-refractivity contribution in [1.29, 1.82) is 0 Å². The highest BCUT2D eigenvalue weighted by molar-refractivity contribution is 5.76. The van der Waals surface area contributed by atoms with Gasteiger partial charge in [-0.2, -0.15) is 0 Å². The van der Waals surface area contributed by atoms with Crippen LogP contribution < -0.4 is 5.69 Å². The van der Waals surface area contributed by atoms with Gasteiger partial charge in [0.1, 0.15) is 0 Å². The number of nitrogens with zero attached hydrogens (tertiary/aromatic N) is 2. The van der Waals surface area contributed by atoms with Crippen LogP contribution in [-0.4, -0.2) is 9.13 Å². The van der Waals surface area contributed by atoms with Crippen molar-refractivity contribution in [3.05, 3.63) is 34.2 Å². The number of imidazole rings is 1. The zero-order valence-corrected chi connectivity index (χ0v) is 8.74. The van der Waals surface area contributed by atoms with Crippen molar-refractivity contribution in [2.75, 3.05) is 0 Å². The van der Waals surface area contributed by atoms with E-state index >= 15 is 0 Å². The van der Waals surface area contributed by atoms with Crippen molar-refractivity contribution in [2.24, 2.45) is 14.1 Å². The van der Waals surface area contributed by atoms with E-state index in [1.807, 2.05) is 13.1 Å². The van der Waals surface area contributed by atoms with Gasteiger partial charge in [0.15, 0.2) is 0 Å². The van der Waals surface area contributed by atoms with Gasteiger partial charge in [0.05, 0.1) is 11.0 Å². The molecule has 0 saturated carbocycles. The molecule has 1 heterocycles. The lowest BCUT2D eigenvalue weighted by Gasteiger charge is -1.98. The first-order valence-electron chi connectivity index (χ1n) is 4.79. The summed E-state index contributed by atoms with van der Waals surface area (Å²) in [6, 6.07) is 6.16. The van der Waals surface area contributed by atoms with Crippen molar-refractivity contribution < 1.29 is 0 Å². The molecule has 14 heavy (non-hydrogen) atoms. The fraction of sp³-hybridized carbons (Fsp3) is 0.364. The van der Waals surface area contributed by atoms with E-state index in [9.17, 15) is 4.79 Å². The van der Waals surface area contributed by atoms with Gasteiger partial charge in [0.25, 0.3) is 0 Å². The number of hydrogen-bond acceptors (Lipinski definition) is 1. The van der Waals surface area contributed by atoms with Crippen LogP contribution in [0.25, 0.3) is 11.0 Å². The first-order chi connectivity index (χ1) is 6.65. The van der Waals surface area contributed by atoms with Gasteiger partial charge in [0, 0.05) is 14.1 Å². The molecule has 0 bridgehead atoms. The predicted octanol–water partition coefficient (Wildman–Crippen LogP) is 1.44. The van der Waals surface area contributed by atoms with Crippen molar-refractivity contribution in [1.82, 2.24) is 9.13 Å². The van der Waals surface area contributed by atoms with Crippen molar-refractivity contribution in [3.63, 3.8) is 0 Å². The Bertz CT molecular complexity index is 534. The molecule has 0 spiro atoms. The Kier molecular flexibility index (Phi) is 1.95. The molecule has 1 aromatic heterocycles. The van der Waals surface area contributed by atoms with Crippen LogP contribution in [0.15, 0.2) is 23.0 Å². The minimum Gasteiger partial charge on any atom is -0.295 e. The second-order valence-corrected chi connectivity index (χ2v) is 3.58. The molecule has 0 aliphatic carbocycles. The number of benzene rings is 1. The van der Waals surface area contributed by atoms with Crippen LogP contribution in [0.3, 0.4) is 0 Å². The van der Waals surface area contributed by atoms with E-state index in [0.717, 1.165) is 17.5 Å². The zero-order chi connectivity index (χ0) is 10.3. The van der Waals surface area contributed by atoms with Crippen LogP contribution in [0.4, 0.5) is 0 Å². The third-order valence-electron chi connectivity index (χ3n) is 2.74. The molecule has 2 rings (SSSR count). The molecule has 0 atom stereocenters. The van der Waals surface area contributed by atoms with Gasteiger partial charge in [-0.25, -0.2) is 4.79 Å². The summed E-state index contributed by atoms with van der Waals surface area (Å²) in [4.78, 5) is 11.6. The molecule has 3 heteroatoms. The molecule has 0 amide bonds. The first-order valence-corrected chi connectivity index (χ1v) is 4.79. The van der Waals surface area contributed by atoms with Gasteiger partial charge < -0.3 is 0 Å². The standard InChI is InChI=1S/C11H14N2O/c1-4-8-5-6-9-10(7-8)13(3)11(14)12(9)2/h5-7H,4H2,1-3H3. The Morgan fingerprint density at radius 1 is 1.14 bits per heavy atom. The van der Waals surface area contributed by atoms with E-state index in [4.69, 9.17) is 0 Å². The Morgan fingerprint density at radius 3 is 2.43 bits per heavy atom. The molecule has 0 aliphatic heterocycles. The number of rotatable bonds is 1. The number of aromatic nitrogens is 2. The lowest BCUT2D eigenvalue weighted by atomic mass is 10.1. The third kappa shape index (κ3) is 1.09. The lowest BCUT2D eigenvalue weighted by Crippen LogP contribution is -2.19. The van der Waals surface area contributed by atoms with Crippen LogP contribution in [0.5, 0.6) is 0 Å². The molecular weight excluding hydrogens is 176 g/mol. The molecule has 0 fully saturated rings. The summed E-state index contributed by atoms with van der Waals surface area (Å²) < 4.78 is 3.36.